The second kappa shape index (κ2) is 4.02. The molecule has 0 saturated carbocycles. The summed E-state index contributed by atoms with van der Waals surface area (Å²) in [6.45, 7) is 0.0969. The monoisotopic (exact) mass is 256 g/mol. The number of nitrogens with one attached hydrogen (secondary N) is 1. The maximum atomic E-state index is 11.6. The first-order chi connectivity index (χ1) is 8.58. The Bertz CT molecular complexity index is 566. The highest BCUT2D eigenvalue weighted by Gasteiger charge is 2.52. The predicted octanol–water partition coefficient (Wildman–Crippen LogP) is -2.45. The molecular formula is C10H12N2O6. The summed E-state index contributed by atoms with van der Waals surface area (Å²) in [7, 11) is 0. The molecule has 0 amide bonds. The van der Waals surface area contributed by atoms with E-state index in [0.29, 0.717) is 0 Å². The number of fused-ring (bicyclic) bond motifs is 1. The smallest absolute Gasteiger partial charge is 0.330 e. The van der Waals surface area contributed by atoms with Gasteiger partial charge in [-0.15, -0.1) is 0 Å². The van der Waals surface area contributed by atoms with Crippen LogP contribution in [0.25, 0.3) is 0 Å². The summed E-state index contributed by atoms with van der Waals surface area (Å²) in [6.07, 6.45) is -2.96. The van der Waals surface area contributed by atoms with Crippen LogP contribution in [0.1, 0.15) is 6.23 Å². The molecule has 0 aromatic carbocycles. The number of aromatic amines is 1. The van der Waals surface area contributed by atoms with Gasteiger partial charge in [0.2, 0.25) is 0 Å². The lowest BCUT2D eigenvalue weighted by molar-refractivity contribution is -0.0807. The van der Waals surface area contributed by atoms with Crippen LogP contribution >= 0.6 is 0 Å². The molecule has 3 heterocycles. The number of hydrogen-bond donors (Lipinski definition) is 3. The molecule has 8 nitrogen and oxygen atoms in total. The standard InChI is InChI=1S/C10H12N2O6/c13-4-3-17-8-6(15)9(18-7(4)8)12-2-1-5(14)11-10(12)16/h1-2,4,6-9,13,15H,3H2,(H,11,14,16)/t4?,6-,7-,8-,9-/m1/s1. The van der Waals surface area contributed by atoms with E-state index in [0.717, 1.165) is 10.6 Å². The van der Waals surface area contributed by atoms with E-state index < -0.39 is 41.9 Å². The van der Waals surface area contributed by atoms with Gasteiger partial charge in [-0.05, 0) is 0 Å². The highest BCUT2D eigenvalue weighted by atomic mass is 16.6. The second-order valence-corrected chi connectivity index (χ2v) is 4.36. The van der Waals surface area contributed by atoms with Crippen LogP contribution in [0, 0.1) is 0 Å². The summed E-state index contributed by atoms with van der Waals surface area (Å²) >= 11 is 0. The molecule has 2 aliphatic rings. The highest BCUT2D eigenvalue weighted by Crippen LogP contribution is 2.35. The molecule has 1 unspecified atom stereocenters. The molecular weight excluding hydrogens is 244 g/mol. The quantitative estimate of drug-likeness (QED) is 0.514. The molecule has 0 aliphatic carbocycles. The largest absolute Gasteiger partial charge is 0.388 e. The number of rotatable bonds is 1. The van der Waals surface area contributed by atoms with Crippen molar-refractivity contribution in [2.24, 2.45) is 0 Å². The van der Waals surface area contributed by atoms with Gasteiger partial charge in [-0.2, -0.15) is 0 Å². The molecule has 1 aromatic heterocycles. The second-order valence-electron chi connectivity index (χ2n) is 4.36. The van der Waals surface area contributed by atoms with Gasteiger partial charge in [0.15, 0.2) is 6.23 Å². The number of aliphatic hydroxyl groups is 2. The van der Waals surface area contributed by atoms with Gasteiger partial charge in [0.25, 0.3) is 5.56 Å². The average molecular weight is 256 g/mol. The molecule has 5 atom stereocenters. The fourth-order valence-electron chi connectivity index (χ4n) is 2.34. The number of nitrogens with zero attached hydrogens (tertiary/aromatic N) is 1. The molecule has 8 heteroatoms. The Kier molecular flexibility index (Phi) is 2.59. The third-order valence-corrected chi connectivity index (χ3v) is 3.21. The van der Waals surface area contributed by atoms with Gasteiger partial charge in [-0.3, -0.25) is 14.3 Å². The van der Waals surface area contributed by atoms with Crippen LogP contribution in [0.4, 0.5) is 0 Å². The zero-order valence-corrected chi connectivity index (χ0v) is 9.22. The van der Waals surface area contributed by atoms with E-state index in [-0.39, 0.29) is 6.61 Å². The molecule has 0 bridgehead atoms. The Balaban J connectivity index is 1.94. The minimum absolute atomic E-state index is 0.0969. The van der Waals surface area contributed by atoms with Crippen molar-refractivity contribution in [3.05, 3.63) is 33.1 Å². The first-order valence-electron chi connectivity index (χ1n) is 5.52. The summed E-state index contributed by atoms with van der Waals surface area (Å²) in [6, 6.07) is 1.16. The van der Waals surface area contributed by atoms with Crippen molar-refractivity contribution in [2.45, 2.75) is 30.6 Å². The van der Waals surface area contributed by atoms with Crippen molar-refractivity contribution in [1.82, 2.24) is 9.55 Å². The molecule has 2 saturated heterocycles. The van der Waals surface area contributed by atoms with E-state index in [2.05, 4.69) is 4.98 Å². The maximum absolute atomic E-state index is 11.6. The summed E-state index contributed by atoms with van der Waals surface area (Å²) in [5.41, 5.74) is -1.21. The zero-order valence-electron chi connectivity index (χ0n) is 9.22. The third-order valence-electron chi connectivity index (χ3n) is 3.21. The number of aliphatic hydroxyl groups excluding tert-OH is 2. The van der Waals surface area contributed by atoms with E-state index in [4.69, 9.17) is 9.47 Å². The molecule has 2 fully saturated rings. The maximum Gasteiger partial charge on any atom is 0.330 e. The van der Waals surface area contributed by atoms with E-state index >= 15 is 0 Å². The topological polar surface area (TPSA) is 114 Å². The summed E-state index contributed by atoms with van der Waals surface area (Å²) in [5, 5.41) is 19.6. The van der Waals surface area contributed by atoms with Crippen molar-refractivity contribution in [3.8, 4) is 0 Å². The lowest BCUT2D eigenvalue weighted by Gasteiger charge is -2.19. The molecule has 98 valence electrons. The Morgan fingerprint density at radius 1 is 1.33 bits per heavy atom. The van der Waals surface area contributed by atoms with Crippen molar-refractivity contribution >= 4 is 0 Å². The van der Waals surface area contributed by atoms with E-state index in [9.17, 15) is 19.8 Å². The molecule has 1 aromatic rings. The van der Waals surface area contributed by atoms with E-state index in [1.807, 2.05) is 0 Å². The normalized spacial score (nSPS) is 38.9. The van der Waals surface area contributed by atoms with Gasteiger partial charge >= 0.3 is 5.69 Å². The molecule has 2 aliphatic heterocycles. The van der Waals surface area contributed by atoms with Gasteiger partial charge in [0.1, 0.15) is 24.4 Å². The SMILES string of the molecule is O=c1ccn([C@@H]2O[C@@H]3C(O)CO[C@@H]3[C@H]2O)c(=O)[nH]1. The summed E-state index contributed by atoms with van der Waals surface area (Å²) in [5.74, 6) is 0. The van der Waals surface area contributed by atoms with Gasteiger partial charge < -0.3 is 19.7 Å². The lowest BCUT2D eigenvalue weighted by Crippen LogP contribution is -2.37. The predicted molar refractivity (Wildman–Crippen MR) is 57.0 cm³/mol. The van der Waals surface area contributed by atoms with Crippen LogP contribution < -0.4 is 11.2 Å². The number of hydrogen-bond acceptors (Lipinski definition) is 6. The van der Waals surface area contributed by atoms with Crippen LogP contribution in [-0.2, 0) is 9.47 Å². The van der Waals surface area contributed by atoms with Crippen molar-refractivity contribution < 1.29 is 19.7 Å². The molecule has 3 rings (SSSR count). The van der Waals surface area contributed by atoms with Gasteiger partial charge in [0.05, 0.1) is 6.61 Å². The van der Waals surface area contributed by atoms with Gasteiger partial charge in [-0.1, -0.05) is 0 Å². The van der Waals surface area contributed by atoms with Crippen LogP contribution in [0.2, 0.25) is 0 Å². The number of ether oxygens (including phenoxy) is 2. The lowest BCUT2D eigenvalue weighted by atomic mass is 10.1. The molecule has 18 heavy (non-hydrogen) atoms. The Hall–Kier alpha value is -1.48. The number of H-pyrrole nitrogens is 1. The Labute approximate surface area is 100 Å². The fourth-order valence-corrected chi connectivity index (χ4v) is 2.34. The van der Waals surface area contributed by atoms with Crippen LogP contribution in [0.5, 0.6) is 0 Å². The van der Waals surface area contributed by atoms with Gasteiger partial charge in [-0.25, -0.2) is 4.79 Å². The molecule has 0 radical (unpaired) electrons. The summed E-state index contributed by atoms with van der Waals surface area (Å²) in [4.78, 5) is 24.6. The van der Waals surface area contributed by atoms with Crippen molar-refractivity contribution in [3.63, 3.8) is 0 Å². The first kappa shape index (κ1) is 11.6. The fraction of sp³-hybridized carbons (Fsp3) is 0.600. The van der Waals surface area contributed by atoms with Gasteiger partial charge in [0, 0.05) is 12.3 Å². The van der Waals surface area contributed by atoms with Crippen molar-refractivity contribution in [2.75, 3.05) is 6.61 Å². The Morgan fingerprint density at radius 2 is 2.11 bits per heavy atom. The first-order valence-corrected chi connectivity index (χ1v) is 5.52. The molecule has 3 N–H and O–H groups in total. The van der Waals surface area contributed by atoms with Crippen LogP contribution in [-0.4, -0.2) is 50.8 Å². The highest BCUT2D eigenvalue weighted by molar-refractivity contribution is 4.99. The third kappa shape index (κ3) is 1.62. The molecule has 0 spiro atoms. The zero-order chi connectivity index (χ0) is 12.9. The van der Waals surface area contributed by atoms with Crippen molar-refractivity contribution in [1.29, 1.82) is 0 Å². The number of aromatic nitrogens is 2. The average Bonchev–Trinajstić information content (AvgIpc) is 2.82. The van der Waals surface area contributed by atoms with Crippen LogP contribution in [0.3, 0.4) is 0 Å². The van der Waals surface area contributed by atoms with E-state index in [1.54, 1.807) is 0 Å². The minimum Gasteiger partial charge on any atom is -0.388 e. The van der Waals surface area contributed by atoms with E-state index in [1.165, 1.54) is 6.20 Å². The summed E-state index contributed by atoms with van der Waals surface area (Å²) < 4.78 is 11.7. The van der Waals surface area contributed by atoms with Crippen LogP contribution in [0.15, 0.2) is 21.9 Å². The minimum atomic E-state index is -1.07. The Morgan fingerprint density at radius 3 is 2.78 bits per heavy atom.